The lowest BCUT2D eigenvalue weighted by atomic mass is 9.94. The summed E-state index contributed by atoms with van der Waals surface area (Å²) in [6.45, 7) is 10.8. The van der Waals surface area contributed by atoms with Gasteiger partial charge in [-0.2, -0.15) is 0 Å². The Hall–Kier alpha value is -0.0800. The van der Waals surface area contributed by atoms with Crippen LogP contribution in [0.1, 0.15) is 39.5 Å². The molecule has 0 amide bonds. The van der Waals surface area contributed by atoms with Gasteiger partial charge in [0.2, 0.25) is 0 Å². The molecule has 0 spiro atoms. The van der Waals surface area contributed by atoms with Crippen molar-refractivity contribution < 1.29 is 0 Å². The van der Waals surface area contributed by atoms with Gasteiger partial charge in [-0.1, -0.05) is 13.8 Å². The lowest BCUT2D eigenvalue weighted by molar-refractivity contribution is 0.244. The average Bonchev–Trinajstić information content (AvgIpc) is 2.25. The first-order chi connectivity index (χ1) is 6.86. The maximum atomic E-state index is 3.43. The second-order valence-electron chi connectivity index (χ2n) is 4.42. The van der Waals surface area contributed by atoms with Crippen LogP contribution in [-0.2, 0) is 0 Å². The maximum Gasteiger partial charge on any atom is -0.00162 e. The molecule has 1 rings (SSSR count). The molecule has 1 saturated heterocycles. The largest absolute Gasteiger partial charge is 0.317 e. The van der Waals surface area contributed by atoms with Crippen LogP contribution in [0.4, 0.5) is 0 Å². The van der Waals surface area contributed by atoms with Gasteiger partial charge in [-0.3, -0.25) is 0 Å². The van der Waals surface area contributed by atoms with Crippen molar-refractivity contribution in [2.45, 2.75) is 39.5 Å². The zero-order chi connectivity index (χ0) is 10.2. The zero-order valence-electron chi connectivity index (χ0n) is 9.89. The summed E-state index contributed by atoms with van der Waals surface area (Å²) in [6.07, 6.45) is 5.49. The van der Waals surface area contributed by atoms with Crippen LogP contribution in [0.2, 0.25) is 0 Å². The van der Waals surface area contributed by atoms with Crippen LogP contribution < -0.4 is 5.32 Å². The highest BCUT2D eigenvalue weighted by Crippen LogP contribution is 2.16. The van der Waals surface area contributed by atoms with Crippen molar-refractivity contribution in [3.63, 3.8) is 0 Å². The van der Waals surface area contributed by atoms with Crippen molar-refractivity contribution >= 4 is 0 Å². The van der Waals surface area contributed by atoms with Gasteiger partial charge < -0.3 is 10.2 Å². The lowest BCUT2D eigenvalue weighted by Crippen LogP contribution is -2.31. The van der Waals surface area contributed by atoms with E-state index in [1.165, 1.54) is 58.4 Å². The Bertz CT molecular complexity index is 126. The van der Waals surface area contributed by atoms with E-state index in [0.717, 1.165) is 5.92 Å². The molecular formula is C12H26N2. The number of hydrogen-bond donors (Lipinski definition) is 1. The Balaban J connectivity index is 2.10. The smallest absolute Gasteiger partial charge is 0.00162 e. The molecule has 0 unspecified atom stereocenters. The van der Waals surface area contributed by atoms with Crippen LogP contribution in [0.15, 0.2) is 0 Å². The predicted molar refractivity (Wildman–Crippen MR) is 62.6 cm³/mol. The minimum atomic E-state index is 0.988. The van der Waals surface area contributed by atoms with Gasteiger partial charge in [-0.05, 0) is 64.3 Å². The van der Waals surface area contributed by atoms with Gasteiger partial charge in [0.25, 0.3) is 0 Å². The van der Waals surface area contributed by atoms with Gasteiger partial charge in [0.05, 0.1) is 0 Å². The normalized spacial score (nSPS) is 19.1. The summed E-state index contributed by atoms with van der Waals surface area (Å²) in [5.41, 5.74) is 0. The molecule has 0 saturated carbocycles. The van der Waals surface area contributed by atoms with Gasteiger partial charge >= 0.3 is 0 Å². The van der Waals surface area contributed by atoms with E-state index in [0.29, 0.717) is 0 Å². The van der Waals surface area contributed by atoms with E-state index in [4.69, 9.17) is 0 Å². The SMILES string of the molecule is CCCN(CC)CCC1CCNCC1. The minimum Gasteiger partial charge on any atom is -0.317 e. The van der Waals surface area contributed by atoms with Crippen molar-refractivity contribution in [2.24, 2.45) is 5.92 Å². The van der Waals surface area contributed by atoms with Gasteiger partial charge in [-0.15, -0.1) is 0 Å². The fourth-order valence-electron chi connectivity index (χ4n) is 2.28. The summed E-state index contributed by atoms with van der Waals surface area (Å²) >= 11 is 0. The Kier molecular flexibility index (Phi) is 6.20. The zero-order valence-corrected chi connectivity index (χ0v) is 9.89. The van der Waals surface area contributed by atoms with Gasteiger partial charge in [0, 0.05) is 0 Å². The molecule has 2 heteroatoms. The summed E-state index contributed by atoms with van der Waals surface area (Å²) in [7, 11) is 0. The molecule has 2 nitrogen and oxygen atoms in total. The summed E-state index contributed by atoms with van der Waals surface area (Å²) in [5, 5.41) is 3.43. The first kappa shape index (κ1) is 12.0. The summed E-state index contributed by atoms with van der Waals surface area (Å²) < 4.78 is 0. The predicted octanol–water partition coefficient (Wildman–Crippen LogP) is 2.11. The van der Waals surface area contributed by atoms with Crippen LogP contribution in [0.25, 0.3) is 0 Å². The van der Waals surface area contributed by atoms with Crippen molar-refractivity contribution in [1.82, 2.24) is 10.2 Å². The number of rotatable bonds is 6. The first-order valence-electron chi connectivity index (χ1n) is 6.29. The molecule has 0 aromatic rings. The second-order valence-corrected chi connectivity index (χ2v) is 4.42. The lowest BCUT2D eigenvalue weighted by Gasteiger charge is -2.26. The van der Waals surface area contributed by atoms with Crippen molar-refractivity contribution in [2.75, 3.05) is 32.7 Å². The standard InChI is InChI=1S/C12H26N2/c1-3-10-14(4-2)11-7-12-5-8-13-9-6-12/h12-13H,3-11H2,1-2H3. The highest BCUT2D eigenvalue weighted by atomic mass is 15.1. The fraction of sp³-hybridized carbons (Fsp3) is 1.00. The third kappa shape index (κ3) is 4.43. The number of hydrogen-bond acceptors (Lipinski definition) is 2. The molecule has 1 heterocycles. The number of nitrogens with zero attached hydrogens (tertiary/aromatic N) is 1. The molecule has 1 N–H and O–H groups in total. The quantitative estimate of drug-likeness (QED) is 0.703. The van der Waals surface area contributed by atoms with Crippen molar-refractivity contribution in [3.8, 4) is 0 Å². The monoisotopic (exact) mass is 198 g/mol. The molecule has 0 aliphatic carbocycles. The number of piperidine rings is 1. The molecule has 1 aliphatic rings. The molecule has 0 bridgehead atoms. The Labute approximate surface area is 89.1 Å². The molecule has 14 heavy (non-hydrogen) atoms. The molecule has 0 atom stereocenters. The van der Waals surface area contributed by atoms with Gasteiger partial charge in [0.15, 0.2) is 0 Å². The molecule has 0 aromatic heterocycles. The minimum absolute atomic E-state index is 0.988. The highest BCUT2D eigenvalue weighted by Gasteiger charge is 2.13. The Morgan fingerprint density at radius 2 is 1.86 bits per heavy atom. The van der Waals surface area contributed by atoms with E-state index in [1.807, 2.05) is 0 Å². The Morgan fingerprint density at radius 3 is 2.43 bits per heavy atom. The van der Waals surface area contributed by atoms with Crippen LogP contribution in [-0.4, -0.2) is 37.6 Å². The van der Waals surface area contributed by atoms with Crippen LogP contribution in [0.5, 0.6) is 0 Å². The van der Waals surface area contributed by atoms with E-state index in [-0.39, 0.29) is 0 Å². The van der Waals surface area contributed by atoms with Crippen LogP contribution >= 0.6 is 0 Å². The molecule has 1 fully saturated rings. The molecule has 0 aromatic carbocycles. The third-order valence-electron chi connectivity index (χ3n) is 3.30. The van der Waals surface area contributed by atoms with Crippen LogP contribution in [0, 0.1) is 5.92 Å². The second kappa shape index (κ2) is 7.24. The van der Waals surface area contributed by atoms with Crippen molar-refractivity contribution in [1.29, 1.82) is 0 Å². The molecule has 0 radical (unpaired) electrons. The first-order valence-corrected chi connectivity index (χ1v) is 6.29. The van der Waals surface area contributed by atoms with Gasteiger partial charge in [-0.25, -0.2) is 0 Å². The van der Waals surface area contributed by atoms with E-state index in [1.54, 1.807) is 0 Å². The van der Waals surface area contributed by atoms with Crippen LogP contribution in [0.3, 0.4) is 0 Å². The van der Waals surface area contributed by atoms with Gasteiger partial charge in [0.1, 0.15) is 0 Å². The number of nitrogens with one attached hydrogen (secondary N) is 1. The molecular weight excluding hydrogens is 172 g/mol. The summed E-state index contributed by atoms with van der Waals surface area (Å²) in [4.78, 5) is 2.59. The van der Waals surface area contributed by atoms with E-state index in [2.05, 4.69) is 24.1 Å². The third-order valence-corrected chi connectivity index (χ3v) is 3.30. The summed E-state index contributed by atoms with van der Waals surface area (Å²) in [6, 6.07) is 0. The fourth-order valence-corrected chi connectivity index (χ4v) is 2.28. The van der Waals surface area contributed by atoms with E-state index in [9.17, 15) is 0 Å². The highest BCUT2D eigenvalue weighted by molar-refractivity contribution is 4.70. The van der Waals surface area contributed by atoms with Crippen molar-refractivity contribution in [3.05, 3.63) is 0 Å². The molecule has 1 aliphatic heterocycles. The average molecular weight is 198 g/mol. The summed E-state index contributed by atoms with van der Waals surface area (Å²) in [5.74, 6) is 0.988. The van der Waals surface area contributed by atoms with E-state index >= 15 is 0 Å². The molecule has 84 valence electrons. The maximum absolute atomic E-state index is 3.43. The topological polar surface area (TPSA) is 15.3 Å². The Morgan fingerprint density at radius 1 is 1.14 bits per heavy atom. The van der Waals surface area contributed by atoms with E-state index < -0.39 is 0 Å².